The van der Waals surface area contributed by atoms with Gasteiger partial charge in [-0.1, -0.05) is 66.7 Å². The first kappa shape index (κ1) is 21.8. The summed E-state index contributed by atoms with van der Waals surface area (Å²) in [5.74, 6) is 1.11. The molecule has 166 valence electrons. The number of carbonyl (C=O) groups is 1. The molecule has 33 heavy (non-hydrogen) atoms. The summed E-state index contributed by atoms with van der Waals surface area (Å²) in [5, 5.41) is 13.3. The molecule has 0 radical (unpaired) electrons. The molecule has 0 aromatic heterocycles. The lowest BCUT2D eigenvalue weighted by Gasteiger charge is -2.14. The fourth-order valence-corrected chi connectivity index (χ4v) is 3.36. The topological polar surface area (TPSA) is 93.8 Å². The van der Waals surface area contributed by atoms with Crippen LogP contribution in [-0.2, 0) is 17.9 Å². The quantitative estimate of drug-likeness (QED) is 0.290. The second-order valence-corrected chi connectivity index (χ2v) is 7.45. The molecule has 4 aromatic carbocycles. The summed E-state index contributed by atoms with van der Waals surface area (Å²) in [4.78, 5) is 10.8. The van der Waals surface area contributed by atoms with Crippen molar-refractivity contribution >= 4 is 11.8 Å². The molecule has 0 saturated heterocycles. The van der Waals surface area contributed by atoms with Crippen molar-refractivity contribution in [3.63, 3.8) is 0 Å². The number of hydrogen-bond acceptors (Lipinski definition) is 5. The van der Waals surface area contributed by atoms with E-state index < -0.39 is 6.09 Å². The van der Waals surface area contributed by atoms with Crippen LogP contribution in [0.25, 0.3) is 11.1 Å². The van der Waals surface area contributed by atoms with Crippen LogP contribution in [0.4, 0.5) is 10.5 Å². The summed E-state index contributed by atoms with van der Waals surface area (Å²) >= 11 is 0. The Morgan fingerprint density at radius 3 is 2.33 bits per heavy atom. The number of phenols is 1. The number of ether oxygens (including phenoxy) is 2. The number of aromatic hydroxyl groups is 1. The molecule has 6 nitrogen and oxygen atoms in total. The molecule has 4 rings (SSSR count). The summed E-state index contributed by atoms with van der Waals surface area (Å²) in [6.45, 7) is 0.638. The molecule has 6 heteroatoms. The number of carbonyl (C=O) groups excluding carboxylic acids is 1. The van der Waals surface area contributed by atoms with Crippen LogP contribution in [0.3, 0.4) is 0 Å². The van der Waals surface area contributed by atoms with Crippen LogP contribution in [-0.4, -0.2) is 11.2 Å². The van der Waals surface area contributed by atoms with Crippen LogP contribution < -0.4 is 15.8 Å². The van der Waals surface area contributed by atoms with Crippen molar-refractivity contribution in [1.82, 2.24) is 0 Å². The first-order chi connectivity index (χ1) is 16.1. The van der Waals surface area contributed by atoms with Gasteiger partial charge in [0.15, 0.2) is 5.75 Å². The minimum atomic E-state index is -0.836. The molecular formula is C27H24N2O4. The van der Waals surface area contributed by atoms with E-state index in [2.05, 4.69) is 41.7 Å². The van der Waals surface area contributed by atoms with E-state index in [0.29, 0.717) is 18.0 Å². The van der Waals surface area contributed by atoms with Crippen molar-refractivity contribution in [3.05, 3.63) is 108 Å². The summed E-state index contributed by atoms with van der Waals surface area (Å²) in [6.07, 6.45) is -0.836. The van der Waals surface area contributed by atoms with Crippen molar-refractivity contribution in [2.24, 2.45) is 5.73 Å². The summed E-state index contributed by atoms with van der Waals surface area (Å²) in [6, 6.07) is 30.6. The molecule has 1 amide bonds. The summed E-state index contributed by atoms with van der Waals surface area (Å²) < 4.78 is 10.8. The minimum Gasteiger partial charge on any atom is -0.508 e. The van der Waals surface area contributed by atoms with Gasteiger partial charge in [-0.05, 0) is 46.5 Å². The second-order valence-electron chi connectivity index (χ2n) is 7.45. The van der Waals surface area contributed by atoms with Crippen molar-refractivity contribution in [2.45, 2.75) is 13.2 Å². The number of nitrogens with two attached hydrogens (primary N) is 1. The first-order valence-electron chi connectivity index (χ1n) is 10.5. The summed E-state index contributed by atoms with van der Waals surface area (Å²) in [5.41, 5.74) is 9.95. The molecule has 4 N–H and O–H groups in total. The van der Waals surface area contributed by atoms with E-state index >= 15 is 0 Å². The van der Waals surface area contributed by atoms with Crippen LogP contribution in [0.15, 0.2) is 97.1 Å². The number of benzene rings is 4. The molecule has 4 aromatic rings. The first-order valence-corrected chi connectivity index (χ1v) is 10.5. The zero-order chi connectivity index (χ0) is 23.0. The van der Waals surface area contributed by atoms with Crippen molar-refractivity contribution < 1.29 is 19.4 Å². The number of nitrogens with one attached hydrogen (secondary N) is 1. The highest BCUT2D eigenvalue weighted by Crippen LogP contribution is 2.33. The average Bonchev–Trinajstić information content (AvgIpc) is 2.83. The number of hydrogen-bond donors (Lipinski definition) is 3. The molecule has 0 heterocycles. The van der Waals surface area contributed by atoms with Gasteiger partial charge >= 0.3 is 6.09 Å². The second kappa shape index (κ2) is 10.2. The van der Waals surface area contributed by atoms with Crippen LogP contribution in [0.2, 0.25) is 0 Å². The zero-order valence-electron chi connectivity index (χ0n) is 17.9. The van der Waals surface area contributed by atoms with Gasteiger partial charge in [-0.2, -0.15) is 0 Å². The maximum absolute atomic E-state index is 10.8. The van der Waals surface area contributed by atoms with Gasteiger partial charge in [0.2, 0.25) is 0 Å². The lowest BCUT2D eigenvalue weighted by atomic mass is 10.0. The zero-order valence-corrected chi connectivity index (χ0v) is 17.9. The average molecular weight is 440 g/mol. The summed E-state index contributed by atoms with van der Waals surface area (Å²) in [7, 11) is 0. The molecule has 0 aliphatic heterocycles. The van der Waals surface area contributed by atoms with E-state index in [4.69, 9.17) is 15.2 Å². The highest BCUT2D eigenvalue weighted by molar-refractivity contribution is 5.65. The largest absolute Gasteiger partial charge is 0.508 e. The minimum absolute atomic E-state index is 0.0522. The lowest BCUT2D eigenvalue weighted by Crippen LogP contribution is -2.12. The van der Waals surface area contributed by atoms with E-state index in [1.165, 1.54) is 5.56 Å². The monoisotopic (exact) mass is 440 g/mol. The molecule has 0 spiro atoms. The van der Waals surface area contributed by atoms with Crippen molar-refractivity contribution in [3.8, 4) is 28.4 Å². The Hall–Kier alpha value is -4.45. The molecule has 0 atom stereocenters. The van der Waals surface area contributed by atoms with Gasteiger partial charge in [0.05, 0.1) is 5.69 Å². The Bertz CT molecular complexity index is 1220. The Morgan fingerprint density at radius 1 is 0.818 bits per heavy atom. The van der Waals surface area contributed by atoms with Crippen LogP contribution in [0.1, 0.15) is 11.1 Å². The van der Waals surface area contributed by atoms with Crippen LogP contribution in [0, 0.1) is 0 Å². The molecule has 0 unspecified atom stereocenters. The van der Waals surface area contributed by atoms with Gasteiger partial charge in [0, 0.05) is 12.6 Å². The number of phenolic OH excluding ortho intramolecular Hbond substituents is 1. The van der Waals surface area contributed by atoms with Gasteiger partial charge < -0.3 is 25.6 Å². The van der Waals surface area contributed by atoms with Gasteiger partial charge in [0.25, 0.3) is 0 Å². The van der Waals surface area contributed by atoms with Gasteiger partial charge in [-0.15, -0.1) is 0 Å². The number of amides is 1. The van der Waals surface area contributed by atoms with Crippen molar-refractivity contribution in [2.75, 3.05) is 5.32 Å². The van der Waals surface area contributed by atoms with E-state index in [9.17, 15) is 9.90 Å². The molecule has 0 aliphatic carbocycles. The lowest BCUT2D eigenvalue weighted by molar-refractivity contribution is 0.150. The SMILES string of the molecule is NC(=O)OCc1cccc(Oc2cc(O)ccc2NCc2ccc(-c3ccccc3)cc2)c1. The molecule has 0 aliphatic rings. The normalized spacial score (nSPS) is 10.4. The number of rotatable bonds is 8. The third-order valence-electron chi connectivity index (χ3n) is 5.02. The predicted octanol–water partition coefficient (Wildman–Crippen LogP) is 6.06. The highest BCUT2D eigenvalue weighted by Gasteiger charge is 2.08. The molecule has 0 bridgehead atoms. The van der Waals surface area contributed by atoms with Crippen molar-refractivity contribution in [1.29, 1.82) is 0 Å². The number of anilines is 1. The predicted molar refractivity (Wildman–Crippen MR) is 128 cm³/mol. The highest BCUT2D eigenvalue weighted by atomic mass is 16.5. The van der Waals surface area contributed by atoms with E-state index in [1.807, 2.05) is 18.2 Å². The maximum atomic E-state index is 10.8. The Morgan fingerprint density at radius 2 is 1.58 bits per heavy atom. The Balaban J connectivity index is 1.45. The molecular weight excluding hydrogens is 416 g/mol. The smallest absolute Gasteiger partial charge is 0.404 e. The fourth-order valence-electron chi connectivity index (χ4n) is 3.36. The van der Waals surface area contributed by atoms with Gasteiger partial charge in [-0.25, -0.2) is 4.79 Å². The van der Waals surface area contributed by atoms with Crippen LogP contribution in [0.5, 0.6) is 17.2 Å². The Kier molecular flexibility index (Phi) is 6.75. The van der Waals surface area contributed by atoms with E-state index in [-0.39, 0.29) is 12.4 Å². The third-order valence-corrected chi connectivity index (χ3v) is 5.02. The standard InChI is InChI=1S/C27H24N2O4/c28-27(31)32-18-20-5-4-8-24(15-20)33-26-16-23(30)13-14-25(26)29-17-19-9-11-22(12-10-19)21-6-2-1-3-7-21/h1-16,29-30H,17-18H2,(H2,28,31). The molecule has 0 saturated carbocycles. The van der Waals surface area contributed by atoms with Crippen LogP contribution >= 0.6 is 0 Å². The third kappa shape index (κ3) is 6.04. The van der Waals surface area contributed by atoms with E-state index in [0.717, 1.165) is 22.4 Å². The molecule has 0 fully saturated rings. The maximum Gasteiger partial charge on any atom is 0.404 e. The fraction of sp³-hybridized carbons (Fsp3) is 0.0741. The van der Waals surface area contributed by atoms with Gasteiger partial charge in [0.1, 0.15) is 18.1 Å². The number of primary amides is 1. The Labute approximate surface area is 192 Å². The van der Waals surface area contributed by atoms with Gasteiger partial charge in [-0.3, -0.25) is 0 Å². The van der Waals surface area contributed by atoms with E-state index in [1.54, 1.807) is 42.5 Å².